The highest BCUT2D eigenvalue weighted by molar-refractivity contribution is 5.97. The molecule has 1 saturated heterocycles. The molecule has 1 aliphatic rings. The van der Waals surface area contributed by atoms with Crippen molar-refractivity contribution in [2.45, 2.75) is 45.3 Å². The van der Waals surface area contributed by atoms with Crippen LogP contribution < -0.4 is 16.4 Å². The Morgan fingerprint density at radius 1 is 0.946 bits per heavy atom. The molecule has 0 unspecified atom stereocenters. The zero-order chi connectivity index (χ0) is 27.0. The van der Waals surface area contributed by atoms with Crippen molar-refractivity contribution in [2.24, 2.45) is 5.73 Å². The lowest BCUT2D eigenvalue weighted by molar-refractivity contribution is -0.119. The minimum Gasteiger partial charge on any atom is -0.444 e. The molecule has 1 atom stereocenters. The Hall–Kier alpha value is -4.08. The topological polar surface area (TPSA) is 134 Å². The third-order valence-corrected chi connectivity index (χ3v) is 5.80. The fourth-order valence-electron chi connectivity index (χ4n) is 3.90. The van der Waals surface area contributed by atoms with Crippen LogP contribution in [-0.2, 0) is 16.0 Å². The second-order valence-electron chi connectivity index (χ2n) is 9.92. The average molecular weight is 510 g/mol. The lowest BCUT2D eigenvalue weighted by Gasteiger charge is -2.35. The van der Waals surface area contributed by atoms with Gasteiger partial charge in [0.2, 0.25) is 5.91 Å². The molecule has 1 fully saturated rings. The number of hydrogen-bond donors (Lipinski definition) is 3. The van der Waals surface area contributed by atoms with Crippen molar-refractivity contribution >= 4 is 29.6 Å². The Morgan fingerprint density at radius 3 is 2.22 bits per heavy atom. The highest BCUT2D eigenvalue weighted by atomic mass is 16.6. The Morgan fingerprint density at radius 2 is 1.59 bits per heavy atom. The van der Waals surface area contributed by atoms with Gasteiger partial charge in [-0.1, -0.05) is 36.4 Å². The number of urea groups is 1. The van der Waals surface area contributed by atoms with Gasteiger partial charge < -0.3 is 30.9 Å². The van der Waals surface area contributed by atoms with Gasteiger partial charge in [-0.2, -0.15) is 0 Å². The zero-order valence-electron chi connectivity index (χ0n) is 21.5. The number of nitrogens with two attached hydrogens (primary N) is 1. The van der Waals surface area contributed by atoms with Crippen LogP contribution in [0.5, 0.6) is 0 Å². The van der Waals surface area contributed by atoms with E-state index in [1.807, 2.05) is 51.1 Å². The number of carbonyl (C=O) groups is 4. The average Bonchev–Trinajstić information content (AvgIpc) is 2.85. The van der Waals surface area contributed by atoms with Crippen LogP contribution in [0.3, 0.4) is 0 Å². The van der Waals surface area contributed by atoms with Crippen LogP contribution in [0.15, 0.2) is 54.6 Å². The maximum atomic E-state index is 13.0. The van der Waals surface area contributed by atoms with E-state index in [9.17, 15) is 19.2 Å². The summed E-state index contributed by atoms with van der Waals surface area (Å²) >= 11 is 0. The standard InChI is InChI=1S/C27H35N5O5/c1-27(2,3)37-26(36)32-16-14-31(15-17-32)24(34)20-10-7-11-21(18-20)29-25(35)30-22(23(28)33)13-12-19-8-5-4-6-9-19/h4-11,18,22H,12-17H2,1-3H3,(H2,28,33)(H2,29,30,35)/t22-/m1/s1. The first-order valence-electron chi connectivity index (χ1n) is 12.3. The van der Waals surface area contributed by atoms with Crippen LogP contribution in [-0.4, -0.2) is 71.6 Å². The van der Waals surface area contributed by atoms with Gasteiger partial charge in [0.1, 0.15) is 11.6 Å². The number of aryl methyl sites for hydroxylation is 1. The molecule has 2 aromatic rings. The van der Waals surface area contributed by atoms with Gasteiger partial charge in [0.25, 0.3) is 5.91 Å². The summed E-state index contributed by atoms with van der Waals surface area (Å²) in [6.45, 7) is 6.92. The monoisotopic (exact) mass is 509 g/mol. The highest BCUT2D eigenvalue weighted by Crippen LogP contribution is 2.16. The molecule has 198 valence electrons. The number of rotatable bonds is 7. The molecular weight excluding hydrogens is 474 g/mol. The van der Waals surface area contributed by atoms with Crippen LogP contribution in [0.1, 0.15) is 43.1 Å². The van der Waals surface area contributed by atoms with Gasteiger partial charge in [0.15, 0.2) is 0 Å². The molecule has 2 aromatic carbocycles. The van der Waals surface area contributed by atoms with Crippen LogP contribution in [0.2, 0.25) is 0 Å². The SMILES string of the molecule is CC(C)(C)OC(=O)N1CCN(C(=O)c2cccc(NC(=O)N[C@H](CCc3ccccc3)C(N)=O)c2)CC1. The van der Waals surface area contributed by atoms with Gasteiger partial charge in [-0.15, -0.1) is 0 Å². The molecular formula is C27H35N5O5. The second-order valence-corrected chi connectivity index (χ2v) is 9.92. The summed E-state index contributed by atoms with van der Waals surface area (Å²) < 4.78 is 5.40. The summed E-state index contributed by atoms with van der Waals surface area (Å²) in [7, 11) is 0. The van der Waals surface area contributed by atoms with Crippen LogP contribution in [0, 0.1) is 0 Å². The number of hydrogen-bond acceptors (Lipinski definition) is 5. The van der Waals surface area contributed by atoms with E-state index in [-0.39, 0.29) is 5.91 Å². The van der Waals surface area contributed by atoms with Gasteiger partial charge in [-0.25, -0.2) is 9.59 Å². The van der Waals surface area contributed by atoms with E-state index in [1.165, 1.54) is 0 Å². The normalized spacial score (nSPS) is 14.5. The molecule has 0 spiro atoms. The predicted molar refractivity (Wildman–Crippen MR) is 140 cm³/mol. The van der Waals surface area contributed by atoms with Crippen molar-refractivity contribution in [3.05, 3.63) is 65.7 Å². The number of amides is 5. The quantitative estimate of drug-likeness (QED) is 0.528. The van der Waals surface area contributed by atoms with Gasteiger partial charge in [0, 0.05) is 37.4 Å². The molecule has 0 radical (unpaired) electrons. The second kappa shape index (κ2) is 12.2. The minimum atomic E-state index is -0.841. The summed E-state index contributed by atoms with van der Waals surface area (Å²) in [4.78, 5) is 52.9. The Bertz CT molecular complexity index is 1110. The Balaban J connectivity index is 1.53. The van der Waals surface area contributed by atoms with E-state index in [0.29, 0.717) is 50.3 Å². The number of benzene rings is 2. The van der Waals surface area contributed by atoms with Gasteiger partial charge >= 0.3 is 12.1 Å². The van der Waals surface area contributed by atoms with Crippen LogP contribution in [0.4, 0.5) is 15.3 Å². The van der Waals surface area contributed by atoms with E-state index in [4.69, 9.17) is 10.5 Å². The molecule has 10 nitrogen and oxygen atoms in total. The van der Waals surface area contributed by atoms with Crippen molar-refractivity contribution in [3.8, 4) is 0 Å². The fraction of sp³-hybridized carbons (Fsp3) is 0.407. The third-order valence-electron chi connectivity index (χ3n) is 5.80. The number of anilines is 1. The minimum absolute atomic E-state index is 0.203. The summed E-state index contributed by atoms with van der Waals surface area (Å²) in [6.07, 6.45) is 0.551. The summed E-state index contributed by atoms with van der Waals surface area (Å²) in [6, 6.07) is 14.7. The summed E-state index contributed by atoms with van der Waals surface area (Å²) in [5.74, 6) is -0.827. The van der Waals surface area contributed by atoms with Crippen molar-refractivity contribution in [3.63, 3.8) is 0 Å². The van der Waals surface area contributed by atoms with E-state index in [1.54, 1.807) is 34.1 Å². The lowest BCUT2D eigenvalue weighted by atomic mass is 10.1. The lowest BCUT2D eigenvalue weighted by Crippen LogP contribution is -2.51. The van der Waals surface area contributed by atoms with Crippen molar-refractivity contribution in [1.29, 1.82) is 0 Å². The molecule has 4 N–H and O–H groups in total. The highest BCUT2D eigenvalue weighted by Gasteiger charge is 2.28. The number of ether oxygens (including phenoxy) is 1. The van der Waals surface area contributed by atoms with Crippen molar-refractivity contribution in [2.75, 3.05) is 31.5 Å². The molecule has 0 saturated carbocycles. The molecule has 1 heterocycles. The number of nitrogens with zero attached hydrogens (tertiary/aromatic N) is 2. The van der Waals surface area contributed by atoms with Crippen LogP contribution in [0.25, 0.3) is 0 Å². The zero-order valence-corrected chi connectivity index (χ0v) is 21.5. The number of carbonyl (C=O) groups excluding carboxylic acids is 4. The molecule has 37 heavy (non-hydrogen) atoms. The van der Waals surface area contributed by atoms with Gasteiger partial charge in [-0.05, 0) is 57.4 Å². The maximum absolute atomic E-state index is 13.0. The first-order valence-corrected chi connectivity index (χ1v) is 12.3. The van der Waals surface area contributed by atoms with Crippen LogP contribution >= 0.6 is 0 Å². The molecule has 5 amide bonds. The first kappa shape index (κ1) is 27.5. The summed E-state index contributed by atoms with van der Waals surface area (Å²) in [5.41, 5.74) is 6.75. The van der Waals surface area contributed by atoms with Gasteiger partial charge in [-0.3, -0.25) is 9.59 Å². The smallest absolute Gasteiger partial charge is 0.410 e. The van der Waals surface area contributed by atoms with E-state index >= 15 is 0 Å². The molecule has 3 rings (SSSR count). The maximum Gasteiger partial charge on any atom is 0.410 e. The molecule has 10 heteroatoms. The van der Waals surface area contributed by atoms with E-state index in [0.717, 1.165) is 5.56 Å². The first-order chi connectivity index (χ1) is 17.5. The molecule has 1 aliphatic heterocycles. The number of nitrogens with one attached hydrogen (secondary N) is 2. The Kier molecular flexibility index (Phi) is 9.10. The summed E-state index contributed by atoms with van der Waals surface area (Å²) in [5, 5.41) is 5.28. The molecule has 0 aliphatic carbocycles. The van der Waals surface area contributed by atoms with Crippen molar-refractivity contribution in [1.82, 2.24) is 15.1 Å². The Labute approximate surface area is 217 Å². The predicted octanol–water partition coefficient (Wildman–Crippen LogP) is 2.99. The van der Waals surface area contributed by atoms with Gasteiger partial charge in [0.05, 0.1) is 0 Å². The molecule has 0 bridgehead atoms. The third kappa shape index (κ3) is 8.52. The molecule has 0 aromatic heterocycles. The number of piperazine rings is 1. The number of primary amides is 1. The largest absolute Gasteiger partial charge is 0.444 e. The van der Waals surface area contributed by atoms with E-state index < -0.39 is 29.7 Å². The van der Waals surface area contributed by atoms with E-state index in [2.05, 4.69) is 10.6 Å². The van der Waals surface area contributed by atoms with Crippen molar-refractivity contribution < 1.29 is 23.9 Å². The fourth-order valence-corrected chi connectivity index (χ4v) is 3.90.